The van der Waals surface area contributed by atoms with Crippen LogP contribution in [0.5, 0.6) is 0 Å². The fourth-order valence-corrected chi connectivity index (χ4v) is 5.20. The second-order valence-electron chi connectivity index (χ2n) is 6.42. The molecule has 0 N–H and O–H groups in total. The first kappa shape index (κ1) is 16.4. The molecule has 0 radical (unpaired) electrons. The Kier molecular flexibility index (Phi) is 4.46. The predicted molar refractivity (Wildman–Crippen MR) is 86.1 cm³/mol. The number of fused-ring (bicyclic) bond motifs is 1. The molecule has 2 saturated heterocycles. The van der Waals surface area contributed by atoms with E-state index in [0.29, 0.717) is 19.6 Å². The molecule has 3 rings (SSSR count). The zero-order valence-corrected chi connectivity index (χ0v) is 14.4. The molecule has 8 heteroatoms. The molecule has 128 valence electrons. The smallest absolute Gasteiger partial charge is 0.220 e. The van der Waals surface area contributed by atoms with Gasteiger partial charge in [0.1, 0.15) is 0 Å². The van der Waals surface area contributed by atoms with E-state index < -0.39 is 10.0 Å². The molecule has 0 spiro atoms. The maximum Gasteiger partial charge on any atom is 0.220 e. The summed E-state index contributed by atoms with van der Waals surface area (Å²) in [6.45, 7) is 4.99. The van der Waals surface area contributed by atoms with Crippen molar-refractivity contribution >= 4 is 15.9 Å². The van der Waals surface area contributed by atoms with Gasteiger partial charge in [0, 0.05) is 38.4 Å². The zero-order chi connectivity index (χ0) is 16.6. The van der Waals surface area contributed by atoms with Crippen LogP contribution in [0.15, 0.2) is 18.5 Å². The van der Waals surface area contributed by atoms with Crippen LogP contribution < -0.4 is 0 Å². The molecule has 3 heterocycles. The van der Waals surface area contributed by atoms with Crippen LogP contribution in [0.3, 0.4) is 0 Å². The molecule has 1 amide bonds. The van der Waals surface area contributed by atoms with Crippen molar-refractivity contribution in [2.75, 3.05) is 18.8 Å². The number of nitrogens with zero attached hydrogens (tertiary/aromatic N) is 4. The third-order valence-corrected chi connectivity index (χ3v) is 6.91. The molecule has 0 aromatic carbocycles. The molecule has 1 aromatic heterocycles. The summed E-state index contributed by atoms with van der Waals surface area (Å²) in [5, 5.41) is 4.23. The third kappa shape index (κ3) is 3.14. The number of likely N-dealkylation sites (tertiary alicyclic amines) is 1. The van der Waals surface area contributed by atoms with Gasteiger partial charge in [-0.05, 0) is 31.7 Å². The second kappa shape index (κ2) is 6.24. The van der Waals surface area contributed by atoms with Crippen LogP contribution in [0.4, 0.5) is 0 Å². The van der Waals surface area contributed by atoms with Gasteiger partial charge >= 0.3 is 0 Å². The van der Waals surface area contributed by atoms with Crippen LogP contribution in [-0.4, -0.2) is 64.2 Å². The fourth-order valence-electron chi connectivity index (χ4n) is 4.03. The summed E-state index contributed by atoms with van der Waals surface area (Å²) in [5.74, 6) is 0.424. The molecule has 3 unspecified atom stereocenters. The van der Waals surface area contributed by atoms with Gasteiger partial charge in [-0.2, -0.15) is 5.10 Å². The van der Waals surface area contributed by atoms with E-state index in [4.69, 9.17) is 0 Å². The molecule has 0 saturated carbocycles. The Morgan fingerprint density at radius 3 is 2.78 bits per heavy atom. The molecule has 3 atom stereocenters. The Bertz CT molecular complexity index is 658. The Hall–Kier alpha value is -1.41. The SMILES string of the molecule is CCS(=O)(=O)N1CCC2C(CC(Cn3cccn3)N2C(C)=O)C1. The molecule has 2 aliphatic heterocycles. The fraction of sp³-hybridized carbons (Fsp3) is 0.733. The first-order valence-corrected chi connectivity index (χ1v) is 9.77. The number of rotatable bonds is 4. The zero-order valence-electron chi connectivity index (χ0n) is 13.6. The van der Waals surface area contributed by atoms with Crippen LogP contribution in [0.25, 0.3) is 0 Å². The van der Waals surface area contributed by atoms with Crippen LogP contribution in [0, 0.1) is 5.92 Å². The molecular weight excluding hydrogens is 316 g/mol. The van der Waals surface area contributed by atoms with E-state index in [0.717, 1.165) is 12.8 Å². The summed E-state index contributed by atoms with van der Waals surface area (Å²) in [6, 6.07) is 2.11. The van der Waals surface area contributed by atoms with Crippen molar-refractivity contribution in [2.45, 2.75) is 45.3 Å². The molecule has 0 bridgehead atoms. The topological polar surface area (TPSA) is 75.5 Å². The number of aromatic nitrogens is 2. The first-order valence-electron chi connectivity index (χ1n) is 8.16. The quantitative estimate of drug-likeness (QED) is 0.802. The molecule has 0 aliphatic carbocycles. The number of amides is 1. The maximum atomic E-state index is 12.1. The van der Waals surface area contributed by atoms with Gasteiger partial charge in [-0.1, -0.05) is 0 Å². The first-order chi connectivity index (χ1) is 10.9. The highest BCUT2D eigenvalue weighted by molar-refractivity contribution is 7.89. The summed E-state index contributed by atoms with van der Waals surface area (Å²) in [5.41, 5.74) is 0. The minimum atomic E-state index is -3.15. The third-order valence-electron chi connectivity index (χ3n) is 5.06. The summed E-state index contributed by atoms with van der Waals surface area (Å²) >= 11 is 0. The van der Waals surface area contributed by atoms with Crippen LogP contribution in [0.1, 0.15) is 26.7 Å². The van der Waals surface area contributed by atoms with Crippen molar-refractivity contribution in [3.63, 3.8) is 0 Å². The average molecular weight is 340 g/mol. The number of carbonyl (C=O) groups is 1. The maximum absolute atomic E-state index is 12.1. The lowest BCUT2D eigenvalue weighted by Crippen LogP contribution is -2.50. The second-order valence-corrected chi connectivity index (χ2v) is 8.68. The highest BCUT2D eigenvalue weighted by Crippen LogP contribution is 2.37. The minimum absolute atomic E-state index is 0.0708. The predicted octanol–water partition coefficient (Wildman–Crippen LogP) is 0.544. The molecular formula is C15H24N4O3S. The summed E-state index contributed by atoms with van der Waals surface area (Å²) in [4.78, 5) is 14.1. The van der Waals surface area contributed by atoms with Gasteiger partial charge < -0.3 is 4.90 Å². The standard InChI is InChI=1S/C15H24N4O3S/c1-3-23(21,22)18-8-5-15-13(10-18)9-14(19(15)12(2)20)11-17-7-4-6-16-17/h4,6-7,13-15H,3,5,8-11H2,1-2H3. The Morgan fingerprint density at radius 2 is 2.17 bits per heavy atom. The Labute approximate surface area is 137 Å². The van der Waals surface area contributed by atoms with Gasteiger partial charge in [0.2, 0.25) is 15.9 Å². The molecule has 1 aromatic rings. The number of hydrogen-bond acceptors (Lipinski definition) is 4. The molecule has 2 aliphatic rings. The summed E-state index contributed by atoms with van der Waals surface area (Å²) < 4.78 is 27.7. The normalized spacial score (nSPS) is 28.8. The van der Waals surface area contributed by atoms with E-state index >= 15 is 0 Å². The highest BCUT2D eigenvalue weighted by atomic mass is 32.2. The van der Waals surface area contributed by atoms with E-state index in [1.165, 1.54) is 0 Å². The Morgan fingerprint density at radius 1 is 1.39 bits per heavy atom. The van der Waals surface area contributed by atoms with Gasteiger partial charge in [0.25, 0.3) is 0 Å². The van der Waals surface area contributed by atoms with Gasteiger partial charge in [-0.3, -0.25) is 9.48 Å². The minimum Gasteiger partial charge on any atom is -0.335 e. The van der Waals surface area contributed by atoms with Gasteiger partial charge in [-0.15, -0.1) is 0 Å². The van der Waals surface area contributed by atoms with Crippen LogP contribution >= 0.6 is 0 Å². The number of piperidine rings is 1. The van der Waals surface area contributed by atoms with Gasteiger partial charge in [-0.25, -0.2) is 12.7 Å². The molecule has 2 fully saturated rings. The van der Waals surface area contributed by atoms with E-state index in [2.05, 4.69) is 5.10 Å². The largest absolute Gasteiger partial charge is 0.335 e. The van der Waals surface area contributed by atoms with E-state index in [9.17, 15) is 13.2 Å². The summed E-state index contributed by atoms with van der Waals surface area (Å²) in [7, 11) is -3.15. The number of hydrogen-bond donors (Lipinski definition) is 0. The molecule has 23 heavy (non-hydrogen) atoms. The number of carbonyl (C=O) groups excluding carboxylic acids is 1. The Balaban J connectivity index is 1.77. The lowest BCUT2D eigenvalue weighted by atomic mass is 9.93. The van der Waals surface area contributed by atoms with Gasteiger partial charge in [0.15, 0.2) is 0 Å². The van der Waals surface area contributed by atoms with E-state index in [-0.39, 0.29) is 29.7 Å². The van der Waals surface area contributed by atoms with Crippen molar-refractivity contribution < 1.29 is 13.2 Å². The van der Waals surface area contributed by atoms with Gasteiger partial charge in [0.05, 0.1) is 18.3 Å². The van der Waals surface area contributed by atoms with Crippen molar-refractivity contribution in [3.05, 3.63) is 18.5 Å². The van der Waals surface area contributed by atoms with Crippen LogP contribution in [0.2, 0.25) is 0 Å². The molecule has 7 nitrogen and oxygen atoms in total. The van der Waals surface area contributed by atoms with E-state index in [1.807, 2.05) is 21.8 Å². The van der Waals surface area contributed by atoms with Crippen molar-refractivity contribution in [2.24, 2.45) is 5.92 Å². The van der Waals surface area contributed by atoms with Crippen LogP contribution in [-0.2, 0) is 21.4 Å². The average Bonchev–Trinajstić information content (AvgIpc) is 3.13. The lowest BCUT2D eigenvalue weighted by molar-refractivity contribution is -0.132. The highest BCUT2D eigenvalue weighted by Gasteiger charge is 2.46. The van der Waals surface area contributed by atoms with Crippen molar-refractivity contribution in [3.8, 4) is 0 Å². The van der Waals surface area contributed by atoms with E-state index in [1.54, 1.807) is 24.3 Å². The monoisotopic (exact) mass is 340 g/mol. The summed E-state index contributed by atoms with van der Waals surface area (Å²) in [6.07, 6.45) is 5.18. The van der Waals surface area contributed by atoms with Crippen molar-refractivity contribution in [1.82, 2.24) is 19.0 Å². The number of sulfonamides is 1. The van der Waals surface area contributed by atoms with Crippen molar-refractivity contribution in [1.29, 1.82) is 0 Å². The lowest BCUT2D eigenvalue weighted by Gasteiger charge is -2.37.